The average Bonchev–Trinajstić information content (AvgIpc) is 3.12. The van der Waals surface area contributed by atoms with Crippen LogP contribution in [-0.2, 0) is 6.54 Å². The Morgan fingerprint density at radius 2 is 2.00 bits per heavy atom. The molecule has 0 spiro atoms. The molecule has 0 atom stereocenters. The lowest BCUT2D eigenvalue weighted by atomic mass is 10.2. The summed E-state index contributed by atoms with van der Waals surface area (Å²) >= 11 is 1.56. The lowest BCUT2D eigenvalue weighted by Gasteiger charge is -2.07. The topological polar surface area (TPSA) is 76.9 Å². The van der Waals surface area contributed by atoms with Crippen molar-refractivity contribution < 1.29 is 4.79 Å². The summed E-state index contributed by atoms with van der Waals surface area (Å²) in [7, 11) is 0. The zero-order chi connectivity index (χ0) is 16.9. The van der Waals surface area contributed by atoms with Gasteiger partial charge >= 0.3 is 0 Å². The molecule has 2 heterocycles. The molecule has 24 heavy (non-hydrogen) atoms. The van der Waals surface area contributed by atoms with Gasteiger partial charge in [-0.15, -0.1) is 11.3 Å². The van der Waals surface area contributed by atoms with Gasteiger partial charge in [0.1, 0.15) is 10.7 Å². The molecule has 2 aromatic heterocycles. The minimum Gasteiger partial charge on any atom is -0.321 e. The smallest absolute Gasteiger partial charge is 0.276 e. The van der Waals surface area contributed by atoms with Crippen molar-refractivity contribution >= 4 is 22.9 Å². The normalized spacial score (nSPS) is 10.5. The zero-order valence-electron chi connectivity index (χ0n) is 13.1. The number of hydrogen-bond acceptors (Lipinski definition) is 5. The van der Waals surface area contributed by atoms with E-state index in [9.17, 15) is 9.59 Å². The molecule has 0 saturated carbocycles. The van der Waals surface area contributed by atoms with Crippen LogP contribution in [-0.4, -0.2) is 20.7 Å². The molecule has 122 valence electrons. The van der Waals surface area contributed by atoms with E-state index in [4.69, 9.17) is 0 Å². The monoisotopic (exact) mass is 340 g/mol. The number of anilines is 1. The molecule has 3 rings (SSSR count). The second kappa shape index (κ2) is 7.18. The summed E-state index contributed by atoms with van der Waals surface area (Å²) in [5.41, 5.74) is 1.67. The van der Waals surface area contributed by atoms with Gasteiger partial charge in [0, 0.05) is 35.4 Å². The van der Waals surface area contributed by atoms with Gasteiger partial charge in [-0.1, -0.05) is 6.92 Å². The van der Waals surface area contributed by atoms with E-state index in [1.165, 1.54) is 16.8 Å². The third-order valence-corrected chi connectivity index (χ3v) is 4.18. The first kappa shape index (κ1) is 16.1. The van der Waals surface area contributed by atoms with Crippen molar-refractivity contribution in [1.82, 2.24) is 14.8 Å². The fourth-order valence-electron chi connectivity index (χ4n) is 2.20. The van der Waals surface area contributed by atoms with Gasteiger partial charge < -0.3 is 5.32 Å². The van der Waals surface area contributed by atoms with Crippen LogP contribution < -0.4 is 10.9 Å². The molecule has 0 fully saturated rings. The Morgan fingerprint density at radius 1 is 1.21 bits per heavy atom. The quantitative estimate of drug-likeness (QED) is 0.774. The molecule has 1 N–H and O–H groups in total. The average molecular weight is 340 g/mol. The van der Waals surface area contributed by atoms with Crippen LogP contribution in [0.1, 0.15) is 23.8 Å². The van der Waals surface area contributed by atoms with Crippen LogP contribution in [0.3, 0.4) is 0 Å². The van der Waals surface area contributed by atoms with E-state index >= 15 is 0 Å². The van der Waals surface area contributed by atoms with Gasteiger partial charge in [0.05, 0.1) is 0 Å². The Bertz CT molecular complexity index is 886. The Balaban J connectivity index is 1.75. The zero-order valence-corrected chi connectivity index (χ0v) is 13.9. The minimum atomic E-state index is -0.346. The van der Waals surface area contributed by atoms with E-state index in [0.29, 0.717) is 12.2 Å². The molecule has 7 heteroatoms. The standard InChI is InChI=1S/C17H16N4O2S/c1-2-10-21-15(22)8-7-14(20-21)16(23)19-13-5-3-12(4-6-13)17-18-9-11-24-17/h3-9,11H,2,10H2,1H3,(H,19,23). The lowest BCUT2D eigenvalue weighted by molar-refractivity contribution is 0.102. The van der Waals surface area contributed by atoms with Gasteiger partial charge in [-0.2, -0.15) is 5.10 Å². The van der Waals surface area contributed by atoms with Crippen LogP contribution in [0.15, 0.2) is 52.8 Å². The molecule has 0 aliphatic rings. The Morgan fingerprint density at radius 3 is 2.67 bits per heavy atom. The van der Waals surface area contributed by atoms with Crippen LogP contribution in [0.4, 0.5) is 5.69 Å². The van der Waals surface area contributed by atoms with Crippen LogP contribution in [0.2, 0.25) is 0 Å². The van der Waals surface area contributed by atoms with Gasteiger partial charge in [-0.05, 0) is 36.8 Å². The van der Waals surface area contributed by atoms with Crippen molar-refractivity contribution in [3.8, 4) is 10.6 Å². The van der Waals surface area contributed by atoms with Gasteiger partial charge in [0.25, 0.3) is 11.5 Å². The molecule has 0 aliphatic heterocycles. The number of amides is 1. The number of nitrogens with one attached hydrogen (secondary N) is 1. The first-order valence-corrected chi connectivity index (χ1v) is 8.45. The number of aromatic nitrogens is 3. The van der Waals surface area contributed by atoms with Gasteiger partial charge in [0.2, 0.25) is 0 Å². The summed E-state index contributed by atoms with van der Waals surface area (Å²) < 4.78 is 1.31. The Hall–Kier alpha value is -2.80. The van der Waals surface area contributed by atoms with E-state index in [2.05, 4.69) is 15.4 Å². The molecule has 0 aliphatic carbocycles. The summed E-state index contributed by atoms with van der Waals surface area (Å²) in [5.74, 6) is -0.346. The molecule has 1 aromatic carbocycles. The van der Waals surface area contributed by atoms with E-state index in [-0.39, 0.29) is 17.2 Å². The number of carbonyl (C=O) groups is 1. The second-order valence-corrected chi connectivity index (χ2v) is 6.04. The SMILES string of the molecule is CCCn1nc(C(=O)Nc2ccc(-c3nccs3)cc2)ccc1=O. The van der Waals surface area contributed by atoms with Crippen molar-refractivity contribution in [2.24, 2.45) is 0 Å². The number of aryl methyl sites for hydroxylation is 1. The molecule has 0 bridgehead atoms. The van der Waals surface area contributed by atoms with Crippen LogP contribution in [0.5, 0.6) is 0 Å². The molecule has 6 nitrogen and oxygen atoms in total. The summed E-state index contributed by atoms with van der Waals surface area (Å²) in [6, 6.07) is 10.2. The number of hydrogen-bond donors (Lipinski definition) is 1. The summed E-state index contributed by atoms with van der Waals surface area (Å²) in [4.78, 5) is 28.2. The third kappa shape index (κ3) is 3.57. The lowest BCUT2D eigenvalue weighted by Crippen LogP contribution is -2.26. The number of carbonyl (C=O) groups excluding carboxylic acids is 1. The van der Waals surface area contributed by atoms with Crippen LogP contribution >= 0.6 is 11.3 Å². The largest absolute Gasteiger partial charge is 0.321 e. The highest BCUT2D eigenvalue weighted by atomic mass is 32.1. The molecule has 3 aromatic rings. The van der Waals surface area contributed by atoms with Crippen LogP contribution in [0.25, 0.3) is 10.6 Å². The fraction of sp³-hybridized carbons (Fsp3) is 0.176. The van der Waals surface area contributed by atoms with Gasteiger partial charge in [0.15, 0.2) is 0 Å². The van der Waals surface area contributed by atoms with Crippen molar-refractivity contribution in [2.45, 2.75) is 19.9 Å². The summed E-state index contributed by atoms with van der Waals surface area (Å²) in [6.07, 6.45) is 2.53. The van der Waals surface area contributed by atoms with Gasteiger partial charge in [-0.3, -0.25) is 9.59 Å². The summed E-state index contributed by atoms with van der Waals surface area (Å²) in [6.45, 7) is 2.44. The molecular formula is C17H16N4O2S. The first-order valence-electron chi connectivity index (χ1n) is 7.57. The second-order valence-electron chi connectivity index (χ2n) is 5.15. The summed E-state index contributed by atoms with van der Waals surface area (Å²) in [5, 5.41) is 9.74. The number of benzene rings is 1. The van der Waals surface area contributed by atoms with E-state index in [0.717, 1.165) is 17.0 Å². The highest BCUT2D eigenvalue weighted by Crippen LogP contribution is 2.23. The van der Waals surface area contributed by atoms with E-state index < -0.39 is 0 Å². The molecule has 0 unspecified atom stereocenters. The molecule has 0 saturated heterocycles. The molecular weight excluding hydrogens is 324 g/mol. The van der Waals surface area contributed by atoms with Gasteiger partial charge in [-0.25, -0.2) is 9.67 Å². The van der Waals surface area contributed by atoms with E-state index in [1.54, 1.807) is 17.5 Å². The maximum Gasteiger partial charge on any atom is 0.276 e. The van der Waals surface area contributed by atoms with E-state index in [1.807, 2.05) is 36.6 Å². The maximum absolute atomic E-state index is 12.3. The maximum atomic E-state index is 12.3. The highest BCUT2D eigenvalue weighted by Gasteiger charge is 2.10. The molecule has 0 radical (unpaired) electrons. The number of thiazole rings is 1. The van der Waals surface area contributed by atoms with Crippen molar-refractivity contribution in [1.29, 1.82) is 0 Å². The van der Waals surface area contributed by atoms with Crippen molar-refractivity contribution in [3.63, 3.8) is 0 Å². The Kier molecular flexibility index (Phi) is 4.81. The minimum absolute atomic E-state index is 0.207. The van der Waals surface area contributed by atoms with Crippen molar-refractivity contribution in [3.05, 3.63) is 64.0 Å². The Labute approximate surface area is 142 Å². The highest BCUT2D eigenvalue weighted by molar-refractivity contribution is 7.13. The third-order valence-electron chi connectivity index (χ3n) is 3.36. The predicted molar refractivity (Wildman–Crippen MR) is 94.3 cm³/mol. The number of rotatable bonds is 5. The predicted octanol–water partition coefficient (Wildman–Crippen LogP) is 3.03. The fourth-order valence-corrected chi connectivity index (χ4v) is 2.84. The van der Waals surface area contributed by atoms with Crippen LogP contribution in [0, 0.1) is 0 Å². The number of nitrogens with zero attached hydrogens (tertiary/aromatic N) is 3. The van der Waals surface area contributed by atoms with Crippen molar-refractivity contribution in [2.75, 3.05) is 5.32 Å². The molecule has 1 amide bonds. The first-order chi connectivity index (χ1) is 11.7.